The zero-order valence-electron chi connectivity index (χ0n) is 11.8. The molecular formula is C15H24N2O. The van der Waals surface area contributed by atoms with Crippen LogP contribution >= 0.6 is 0 Å². The summed E-state index contributed by atoms with van der Waals surface area (Å²) in [6.45, 7) is 9.04. The highest BCUT2D eigenvalue weighted by Gasteiger charge is 2.12. The van der Waals surface area contributed by atoms with Crippen LogP contribution in [0, 0.1) is 13.8 Å². The highest BCUT2D eigenvalue weighted by atomic mass is 16.2. The highest BCUT2D eigenvalue weighted by Crippen LogP contribution is 2.19. The van der Waals surface area contributed by atoms with E-state index in [-0.39, 0.29) is 12.1 Å². The summed E-state index contributed by atoms with van der Waals surface area (Å²) in [5.74, 6) is 0. The van der Waals surface area contributed by atoms with Crippen molar-refractivity contribution < 1.29 is 4.79 Å². The standard InChI is InChI=1S/C15H24N2O/c1-5-9-16-15(18)17-14(6-2)13-8-7-11(3)12(4)10-13/h7-8,10,14H,5-6,9H2,1-4H3,(H2,16,17,18)/t14-/m0/s1. The minimum Gasteiger partial charge on any atom is -0.338 e. The maximum absolute atomic E-state index is 11.7. The molecule has 0 aliphatic heterocycles. The van der Waals surface area contributed by atoms with Gasteiger partial charge in [0.15, 0.2) is 0 Å². The van der Waals surface area contributed by atoms with Crippen molar-refractivity contribution >= 4 is 6.03 Å². The first-order chi connectivity index (χ1) is 8.58. The van der Waals surface area contributed by atoms with Gasteiger partial charge in [0.25, 0.3) is 0 Å². The molecule has 0 aromatic heterocycles. The number of amides is 2. The molecule has 3 heteroatoms. The fraction of sp³-hybridized carbons (Fsp3) is 0.533. The average molecular weight is 248 g/mol. The van der Waals surface area contributed by atoms with E-state index in [0.29, 0.717) is 0 Å². The number of rotatable bonds is 5. The van der Waals surface area contributed by atoms with Gasteiger partial charge in [-0.05, 0) is 43.4 Å². The predicted octanol–water partition coefficient (Wildman–Crippen LogP) is 3.46. The molecule has 1 aromatic rings. The van der Waals surface area contributed by atoms with Crippen molar-refractivity contribution in [2.75, 3.05) is 6.54 Å². The molecule has 0 saturated carbocycles. The molecular weight excluding hydrogens is 224 g/mol. The number of hydrogen-bond acceptors (Lipinski definition) is 1. The van der Waals surface area contributed by atoms with Crippen LogP contribution in [0.4, 0.5) is 4.79 Å². The number of hydrogen-bond donors (Lipinski definition) is 2. The number of carbonyl (C=O) groups is 1. The Labute approximate surface area is 110 Å². The molecule has 1 atom stereocenters. The van der Waals surface area contributed by atoms with E-state index >= 15 is 0 Å². The molecule has 0 bridgehead atoms. The van der Waals surface area contributed by atoms with Crippen molar-refractivity contribution in [3.63, 3.8) is 0 Å². The summed E-state index contributed by atoms with van der Waals surface area (Å²) >= 11 is 0. The number of carbonyl (C=O) groups excluding carboxylic acids is 1. The van der Waals surface area contributed by atoms with Gasteiger partial charge < -0.3 is 10.6 Å². The van der Waals surface area contributed by atoms with Crippen molar-refractivity contribution in [3.8, 4) is 0 Å². The van der Waals surface area contributed by atoms with E-state index in [2.05, 4.69) is 49.6 Å². The van der Waals surface area contributed by atoms with E-state index in [1.165, 1.54) is 16.7 Å². The Hall–Kier alpha value is -1.51. The summed E-state index contributed by atoms with van der Waals surface area (Å²) in [5, 5.41) is 5.86. The molecule has 1 aromatic carbocycles. The van der Waals surface area contributed by atoms with Gasteiger partial charge in [-0.3, -0.25) is 0 Å². The molecule has 0 fully saturated rings. The van der Waals surface area contributed by atoms with E-state index in [9.17, 15) is 4.79 Å². The van der Waals surface area contributed by atoms with Gasteiger partial charge in [-0.1, -0.05) is 32.0 Å². The van der Waals surface area contributed by atoms with Gasteiger partial charge in [0.2, 0.25) is 0 Å². The van der Waals surface area contributed by atoms with Crippen molar-refractivity contribution in [1.82, 2.24) is 10.6 Å². The first-order valence-corrected chi connectivity index (χ1v) is 6.70. The summed E-state index contributed by atoms with van der Waals surface area (Å²) in [6.07, 6.45) is 1.84. The smallest absolute Gasteiger partial charge is 0.315 e. The van der Waals surface area contributed by atoms with Crippen LogP contribution in [0.5, 0.6) is 0 Å². The van der Waals surface area contributed by atoms with Crippen molar-refractivity contribution in [3.05, 3.63) is 34.9 Å². The summed E-state index contributed by atoms with van der Waals surface area (Å²) < 4.78 is 0. The van der Waals surface area contributed by atoms with Gasteiger partial charge in [-0.15, -0.1) is 0 Å². The average Bonchev–Trinajstić information content (AvgIpc) is 2.37. The maximum atomic E-state index is 11.7. The second kappa shape index (κ2) is 7.04. The molecule has 2 N–H and O–H groups in total. The predicted molar refractivity (Wildman–Crippen MR) is 75.8 cm³/mol. The quantitative estimate of drug-likeness (QED) is 0.823. The minimum atomic E-state index is -0.0815. The largest absolute Gasteiger partial charge is 0.338 e. The van der Waals surface area contributed by atoms with E-state index < -0.39 is 0 Å². The minimum absolute atomic E-state index is 0.0815. The third-order valence-corrected chi connectivity index (χ3v) is 3.18. The molecule has 0 radical (unpaired) electrons. The summed E-state index contributed by atoms with van der Waals surface area (Å²) in [4.78, 5) is 11.7. The van der Waals surface area contributed by atoms with Crippen LogP contribution in [0.15, 0.2) is 18.2 Å². The zero-order valence-corrected chi connectivity index (χ0v) is 11.8. The Morgan fingerprint density at radius 1 is 1.22 bits per heavy atom. The Morgan fingerprint density at radius 2 is 1.94 bits per heavy atom. The molecule has 1 rings (SSSR count). The van der Waals surface area contributed by atoms with Crippen LogP contribution in [0.2, 0.25) is 0 Å². The van der Waals surface area contributed by atoms with Crippen LogP contribution in [-0.4, -0.2) is 12.6 Å². The van der Waals surface area contributed by atoms with Gasteiger partial charge in [0.1, 0.15) is 0 Å². The lowest BCUT2D eigenvalue weighted by Crippen LogP contribution is -2.38. The molecule has 18 heavy (non-hydrogen) atoms. The van der Waals surface area contributed by atoms with Crippen LogP contribution in [0.25, 0.3) is 0 Å². The first-order valence-electron chi connectivity index (χ1n) is 6.70. The molecule has 0 saturated heterocycles. The summed E-state index contributed by atoms with van der Waals surface area (Å²) in [5.41, 5.74) is 3.72. The third-order valence-electron chi connectivity index (χ3n) is 3.18. The van der Waals surface area contributed by atoms with E-state index in [1.54, 1.807) is 0 Å². The van der Waals surface area contributed by atoms with E-state index in [4.69, 9.17) is 0 Å². The monoisotopic (exact) mass is 248 g/mol. The molecule has 0 heterocycles. The molecule has 0 unspecified atom stereocenters. The molecule has 0 spiro atoms. The first kappa shape index (κ1) is 14.6. The highest BCUT2D eigenvalue weighted by molar-refractivity contribution is 5.74. The SMILES string of the molecule is CCCNC(=O)N[C@@H](CC)c1ccc(C)c(C)c1. The lowest BCUT2D eigenvalue weighted by atomic mass is 9.99. The fourth-order valence-corrected chi connectivity index (χ4v) is 1.85. The number of aryl methyl sites for hydroxylation is 2. The lowest BCUT2D eigenvalue weighted by Gasteiger charge is -2.19. The van der Waals surface area contributed by atoms with Gasteiger partial charge >= 0.3 is 6.03 Å². The third kappa shape index (κ3) is 4.06. The second-order valence-corrected chi connectivity index (χ2v) is 4.70. The van der Waals surface area contributed by atoms with Gasteiger partial charge in [-0.2, -0.15) is 0 Å². The number of benzene rings is 1. The van der Waals surface area contributed by atoms with Crippen LogP contribution in [0.1, 0.15) is 49.4 Å². The number of urea groups is 1. The Balaban J connectivity index is 2.70. The normalized spacial score (nSPS) is 12.0. The van der Waals surface area contributed by atoms with Gasteiger partial charge in [0, 0.05) is 6.54 Å². The Morgan fingerprint density at radius 3 is 2.50 bits per heavy atom. The molecule has 0 aliphatic rings. The Kier molecular flexibility index (Phi) is 5.69. The zero-order chi connectivity index (χ0) is 13.5. The summed E-state index contributed by atoms with van der Waals surface area (Å²) in [6, 6.07) is 6.36. The second-order valence-electron chi connectivity index (χ2n) is 4.70. The number of nitrogens with one attached hydrogen (secondary N) is 2. The van der Waals surface area contributed by atoms with Crippen LogP contribution < -0.4 is 10.6 Å². The summed E-state index contributed by atoms with van der Waals surface area (Å²) in [7, 11) is 0. The molecule has 3 nitrogen and oxygen atoms in total. The molecule has 2 amide bonds. The van der Waals surface area contributed by atoms with Crippen LogP contribution in [0.3, 0.4) is 0 Å². The van der Waals surface area contributed by atoms with Gasteiger partial charge in [-0.25, -0.2) is 4.79 Å². The van der Waals surface area contributed by atoms with Crippen molar-refractivity contribution in [2.45, 2.75) is 46.6 Å². The maximum Gasteiger partial charge on any atom is 0.315 e. The molecule has 0 aliphatic carbocycles. The fourth-order valence-electron chi connectivity index (χ4n) is 1.85. The van der Waals surface area contributed by atoms with Crippen molar-refractivity contribution in [1.29, 1.82) is 0 Å². The van der Waals surface area contributed by atoms with E-state index in [1.807, 2.05) is 6.92 Å². The van der Waals surface area contributed by atoms with Crippen LogP contribution in [-0.2, 0) is 0 Å². The Bertz CT molecular complexity index is 401. The van der Waals surface area contributed by atoms with Gasteiger partial charge in [0.05, 0.1) is 6.04 Å². The molecule has 100 valence electrons. The lowest BCUT2D eigenvalue weighted by molar-refractivity contribution is 0.236. The van der Waals surface area contributed by atoms with Crippen molar-refractivity contribution in [2.24, 2.45) is 0 Å². The van der Waals surface area contributed by atoms with E-state index in [0.717, 1.165) is 19.4 Å². The topological polar surface area (TPSA) is 41.1 Å².